The highest BCUT2D eigenvalue weighted by molar-refractivity contribution is 9.11. The van der Waals surface area contributed by atoms with E-state index in [2.05, 4.69) is 36.8 Å². The zero-order valence-corrected chi connectivity index (χ0v) is 12.6. The van der Waals surface area contributed by atoms with E-state index < -0.39 is 0 Å². The Kier molecular flexibility index (Phi) is 4.48. The summed E-state index contributed by atoms with van der Waals surface area (Å²) in [6, 6.07) is 10.2. The summed E-state index contributed by atoms with van der Waals surface area (Å²) in [5.41, 5.74) is 7.43. The third-order valence-corrected chi connectivity index (χ3v) is 3.77. The highest BCUT2D eigenvalue weighted by atomic mass is 79.9. The fraction of sp³-hybridized carbons (Fsp3) is 0.154. The summed E-state index contributed by atoms with van der Waals surface area (Å²) in [5.74, 6) is -0.398. The molecule has 1 atom stereocenters. The lowest BCUT2D eigenvalue weighted by atomic mass is 9.95. The van der Waals surface area contributed by atoms with E-state index in [0.29, 0.717) is 6.54 Å². The zero-order valence-electron chi connectivity index (χ0n) is 9.41. The van der Waals surface area contributed by atoms with Crippen molar-refractivity contribution >= 4 is 31.9 Å². The van der Waals surface area contributed by atoms with E-state index >= 15 is 0 Å². The lowest BCUT2D eigenvalue weighted by Gasteiger charge is -2.16. The van der Waals surface area contributed by atoms with Crippen LogP contribution in [0, 0.1) is 5.82 Å². The Labute approximate surface area is 122 Å². The van der Waals surface area contributed by atoms with E-state index in [0.717, 1.165) is 20.3 Å². The van der Waals surface area contributed by atoms with Crippen LogP contribution in [0.3, 0.4) is 0 Å². The van der Waals surface area contributed by atoms with Gasteiger partial charge in [-0.3, -0.25) is 0 Å². The number of rotatable bonds is 3. The maximum absolute atomic E-state index is 13.3. The maximum Gasteiger partial charge on any atom is 0.123 e. The van der Waals surface area contributed by atoms with Crippen LogP contribution in [0.1, 0.15) is 17.2 Å². The normalized spacial score (nSPS) is 12.4. The Morgan fingerprint density at radius 1 is 1.22 bits per heavy atom. The number of halogens is 3. The van der Waals surface area contributed by atoms with E-state index in [1.807, 2.05) is 18.2 Å². The minimum absolute atomic E-state index is 0.132. The minimum Gasteiger partial charge on any atom is -0.329 e. The third-order valence-electron chi connectivity index (χ3n) is 2.66. The van der Waals surface area contributed by atoms with Gasteiger partial charge in [-0.2, -0.15) is 0 Å². The molecule has 1 aromatic heterocycles. The molecule has 18 heavy (non-hydrogen) atoms. The molecule has 2 N–H and O–H groups in total. The first kappa shape index (κ1) is 13.6. The molecular formula is C13H11Br2FN2. The van der Waals surface area contributed by atoms with Gasteiger partial charge in [0.15, 0.2) is 0 Å². The van der Waals surface area contributed by atoms with Crippen molar-refractivity contribution in [3.8, 4) is 0 Å². The van der Waals surface area contributed by atoms with Crippen molar-refractivity contribution in [2.75, 3.05) is 6.54 Å². The molecule has 0 amide bonds. The smallest absolute Gasteiger partial charge is 0.123 e. The maximum atomic E-state index is 13.3. The standard InChI is InChI=1S/C13H11Br2FN2/c14-11-4-5-12(15)18-13(11)10(7-17)8-2-1-3-9(16)6-8/h1-6,10H,7,17H2/t10-/m1/s1. The number of nitrogens with two attached hydrogens (primary N) is 1. The Morgan fingerprint density at radius 3 is 2.67 bits per heavy atom. The van der Waals surface area contributed by atoms with Crippen molar-refractivity contribution < 1.29 is 4.39 Å². The predicted molar refractivity (Wildman–Crippen MR) is 76.9 cm³/mol. The van der Waals surface area contributed by atoms with Crippen LogP contribution in [0.4, 0.5) is 4.39 Å². The molecule has 2 aromatic rings. The van der Waals surface area contributed by atoms with Crippen molar-refractivity contribution in [2.45, 2.75) is 5.92 Å². The van der Waals surface area contributed by atoms with Gasteiger partial charge in [-0.25, -0.2) is 9.37 Å². The van der Waals surface area contributed by atoms with Crippen LogP contribution in [0.2, 0.25) is 0 Å². The average Bonchev–Trinajstić information content (AvgIpc) is 2.35. The van der Waals surface area contributed by atoms with Crippen LogP contribution in [-0.2, 0) is 0 Å². The molecule has 0 saturated carbocycles. The number of pyridine rings is 1. The van der Waals surface area contributed by atoms with Gasteiger partial charge in [-0.15, -0.1) is 0 Å². The summed E-state index contributed by atoms with van der Waals surface area (Å²) in [5, 5.41) is 0. The molecule has 5 heteroatoms. The van der Waals surface area contributed by atoms with Gasteiger partial charge in [0.25, 0.3) is 0 Å². The first-order chi connectivity index (χ1) is 8.61. The molecule has 0 fully saturated rings. The molecule has 0 aliphatic heterocycles. The van der Waals surface area contributed by atoms with Crippen LogP contribution in [0.15, 0.2) is 45.5 Å². The summed E-state index contributed by atoms with van der Waals surface area (Å²) in [6.07, 6.45) is 0. The van der Waals surface area contributed by atoms with Gasteiger partial charge in [0.05, 0.1) is 5.69 Å². The van der Waals surface area contributed by atoms with Gasteiger partial charge in [0, 0.05) is 16.9 Å². The monoisotopic (exact) mass is 372 g/mol. The molecule has 1 aromatic carbocycles. The second-order valence-electron chi connectivity index (χ2n) is 3.84. The van der Waals surface area contributed by atoms with Crippen molar-refractivity contribution in [1.29, 1.82) is 0 Å². The van der Waals surface area contributed by atoms with Gasteiger partial charge in [-0.05, 0) is 61.7 Å². The van der Waals surface area contributed by atoms with Crippen LogP contribution in [0.25, 0.3) is 0 Å². The van der Waals surface area contributed by atoms with Crippen molar-refractivity contribution in [1.82, 2.24) is 4.98 Å². The fourth-order valence-corrected chi connectivity index (χ4v) is 2.63. The molecule has 0 aliphatic rings. The SMILES string of the molecule is NC[C@H](c1cccc(F)c1)c1nc(Br)ccc1Br. The Morgan fingerprint density at radius 2 is 2.00 bits per heavy atom. The van der Waals surface area contributed by atoms with E-state index in [1.165, 1.54) is 12.1 Å². The molecule has 2 rings (SSSR count). The van der Waals surface area contributed by atoms with Gasteiger partial charge in [0.1, 0.15) is 10.4 Å². The van der Waals surface area contributed by atoms with E-state index in [-0.39, 0.29) is 11.7 Å². The summed E-state index contributed by atoms with van der Waals surface area (Å²) < 4.78 is 14.9. The molecule has 0 unspecified atom stereocenters. The van der Waals surface area contributed by atoms with Crippen molar-refractivity contribution in [3.05, 3.63) is 62.5 Å². The molecule has 0 saturated heterocycles. The number of nitrogens with zero attached hydrogens (tertiary/aromatic N) is 1. The lowest BCUT2D eigenvalue weighted by Crippen LogP contribution is -2.16. The highest BCUT2D eigenvalue weighted by Crippen LogP contribution is 2.29. The minimum atomic E-state index is -0.267. The zero-order chi connectivity index (χ0) is 13.1. The fourth-order valence-electron chi connectivity index (χ4n) is 1.81. The Hall–Kier alpha value is -0.780. The Balaban J connectivity index is 2.48. The summed E-state index contributed by atoms with van der Waals surface area (Å²) in [7, 11) is 0. The van der Waals surface area contributed by atoms with Gasteiger partial charge in [0.2, 0.25) is 0 Å². The molecule has 1 heterocycles. The molecule has 0 radical (unpaired) electrons. The van der Waals surface area contributed by atoms with Crippen LogP contribution in [-0.4, -0.2) is 11.5 Å². The summed E-state index contributed by atoms with van der Waals surface area (Å²) >= 11 is 6.79. The number of aromatic nitrogens is 1. The van der Waals surface area contributed by atoms with Crippen molar-refractivity contribution in [2.24, 2.45) is 5.73 Å². The van der Waals surface area contributed by atoms with E-state index in [9.17, 15) is 4.39 Å². The van der Waals surface area contributed by atoms with Crippen LogP contribution < -0.4 is 5.73 Å². The first-order valence-electron chi connectivity index (χ1n) is 5.39. The van der Waals surface area contributed by atoms with Crippen LogP contribution in [0.5, 0.6) is 0 Å². The first-order valence-corrected chi connectivity index (χ1v) is 6.98. The number of benzene rings is 1. The second kappa shape index (κ2) is 5.91. The number of hydrogen-bond donors (Lipinski definition) is 1. The molecular weight excluding hydrogens is 363 g/mol. The molecule has 0 bridgehead atoms. The third kappa shape index (κ3) is 2.96. The predicted octanol–water partition coefficient (Wildman–Crippen LogP) is 3.84. The van der Waals surface area contributed by atoms with Gasteiger partial charge < -0.3 is 5.73 Å². The lowest BCUT2D eigenvalue weighted by molar-refractivity contribution is 0.622. The second-order valence-corrected chi connectivity index (χ2v) is 5.51. The molecule has 0 spiro atoms. The topological polar surface area (TPSA) is 38.9 Å². The molecule has 0 aliphatic carbocycles. The van der Waals surface area contributed by atoms with Gasteiger partial charge >= 0.3 is 0 Å². The van der Waals surface area contributed by atoms with Crippen LogP contribution >= 0.6 is 31.9 Å². The van der Waals surface area contributed by atoms with Gasteiger partial charge in [-0.1, -0.05) is 12.1 Å². The number of hydrogen-bond acceptors (Lipinski definition) is 2. The highest BCUT2D eigenvalue weighted by Gasteiger charge is 2.17. The molecule has 94 valence electrons. The quantitative estimate of drug-likeness (QED) is 0.830. The van der Waals surface area contributed by atoms with E-state index in [1.54, 1.807) is 6.07 Å². The van der Waals surface area contributed by atoms with E-state index in [4.69, 9.17) is 5.73 Å². The Bertz CT molecular complexity index is 560. The summed E-state index contributed by atoms with van der Waals surface area (Å²) in [6.45, 7) is 0.367. The largest absolute Gasteiger partial charge is 0.329 e. The average molecular weight is 374 g/mol. The van der Waals surface area contributed by atoms with Crippen molar-refractivity contribution in [3.63, 3.8) is 0 Å². The molecule has 2 nitrogen and oxygen atoms in total. The summed E-state index contributed by atoms with van der Waals surface area (Å²) in [4.78, 5) is 4.42.